The molecule has 1 aliphatic heterocycles. The van der Waals surface area contributed by atoms with Crippen LogP contribution in [0.1, 0.15) is 36.5 Å². The molecule has 8 nitrogen and oxygen atoms in total. The van der Waals surface area contributed by atoms with Crippen LogP contribution in [0.4, 0.5) is 0 Å². The van der Waals surface area contributed by atoms with Crippen LogP contribution in [0, 0.1) is 0 Å². The Morgan fingerprint density at radius 3 is 2.32 bits per heavy atom. The Hall–Kier alpha value is -4.07. The molecule has 0 N–H and O–H groups in total. The Balaban J connectivity index is 1.50. The summed E-state index contributed by atoms with van der Waals surface area (Å²) >= 11 is 0. The van der Waals surface area contributed by atoms with Crippen LogP contribution in [0.5, 0.6) is 17.2 Å². The van der Waals surface area contributed by atoms with Crippen LogP contribution in [0.25, 0.3) is 0 Å². The first kappa shape index (κ1) is 24.6. The first-order valence-electron chi connectivity index (χ1n) is 10.8. The van der Waals surface area contributed by atoms with Gasteiger partial charge in [0.2, 0.25) is 6.29 Å². The molecule has 178 valence electrons. The summed E-state index contributed by atoms with van der Waals surface area (Å²) in [6, 6.07) is 12.8. The third-order valence-electron chi connectivity index (χ3n) is 4.80. The van der Waals surface area contributed by atoms with Gasteiger partial charge in [-0.1, -0.05) is 20.1 Å². The second kappa shape index (κ2) is 11.7. The van der Waals surface area contributed by atoms with E-state index in [0.717, 1.165) is 12.5 Å². The van der Waals surface area contributed by atoms with Crippen LogP contribution in [-0.2, 0) is 19.1 Å². The van der Waals surface area contributed by atoms with Gasteiger partial charge in [0.05, 0.1) is 5.56 Å². The zero-order valence-corrected chi connectivity index (χ0v) is 18.9. The van der Waals surface area contributed by atoms with Gasteiger partial charge in [-0.05, 0) is 55.0 Å². The molecule has 34 heavy (non-hydrogen) atoms. The number of rotatable bonds is 11. The van der Waals surface area contributed by atoms with E-state index in [1.54, 1.807) is 48.5 Å². The molecule has 0 aliphatic carbocycles. The van der Waals surface area contributed by atoms with Crippen LogP contribution in [0.15, 0.2) is 73.3 Å². The Kier molecular flexibility index (Phi) is 8.45. The molecule has 2 unspecified atom stereocenters. The predicted octanol–water partition coefficient (Wildman–Crippen LogP) is 4.39. The van der Waals surface area contributed by atoms with Crippen molar-refractivity contribution in [2.24, 2.45) is 0 Å². The molecule has 0 aromatic heterocycles. The van der Waals surface area contributed by atoms with E-state index in [-0.39, 0.29) is 12.7 Å². The first-order chi connectivity index (χ1) is 16.4. The van der Waals surface area contributed by atoms with Gasteiger partial charge < -0.3 is 23.7 Å². The first-order valence-corrected chi connectivity index (χ1v) is 10.8. The molecule has 2 aromatic carbocycles. The lowest BCUT2D eigenvalue weighted by molar-refractivity contribution is -0.158. The number of hydrogen-bond donors (Lipinski definition) is 0. The van der Waals surface area contributed by atoms with Crippen molar-refractivity contribution in [3.63, 3.8) is 0 Å². The molecule has 1 aliphatic rings. The van der Waals surface area contributed by atoms with Crippen LogP contribution in [-0.4, -0.2) is 36.9 Å². The van der Waals surface area contributed by atoms with Crippen molar-refractivity contribution in [1.82, 2.24) is 0 Å². The number of carbonyl (C=O) groups is 3. The summed E-state index contributed by atoms with van der Waals surface area (Å²) in [5.74, 6) is -0.170. The molecule has 1 fully saturated rings. The minimum atomic E-state index is -0.732. The normalized spacial score (nSPS) is 15.7. The van der Waals surface area contributed by atoms with Gasteiger partial charge in [0.15, 0.2) is 0 Å². The van der Waals surface area contributed by atoms with Gasteiger partial charge in [-0.25, -0.2) is 14.4 Å². The monoisotopic (exact) mass is 466 g/mol. The third-order valence-corrected chi connectivity index (χ3v) is 4.80. The number of benzene rings is 2. The molecule has 2 aromatic rings. The Morgan fingerprint density at radius 1 is 1.09 bits per heavy atom. The summed E-state index contributed by atoms with van der Waals surface area (Å²) in [6.07, 6.45) is 1.71. The average Bonchev–Trinajstić information content (AvgIpc) is 3.16. The molecule has 1 heterocycles. The zero-order chi connectivity index (χ0) is 24.5. The molecule has 0 spiro atoms. The van der Waals surface area contributed by atoms with Crippen molar-refractivity contribution >= 4 is 17.9 Å². The van der Waals surface area contributed by atoms with E-state index in [0.29, 0.717) is 41.2 Å². The summed E-state index contributed by atoms with van der Waals surface area (Å²) in [5.41, 5.74) is 0.774. The van der Waals surface area contributed by atoms with Crippen molar-refractivity contribution in [3.8, 4) is 17.2 Å². The molecular weight excluding hydrogens is 440 g/mol. The second-order valence-corrected chi connectivity index (χ2v) is 7.51. The van der Waals surface area contributed by atoms with Crippen molar-refractivity contribution in [3.05, 3.63) is 78.9 Å². The van der Waals surface area contributed by atoms with Gasteiger partial charge in [-0.2, -0.15) is 0 Å². The van der Waals surface area contributed by atoms with E-state index in [1.165, 1.54) is 0 Å². The van der Waals surface area contributed by atoms with E-state index < -0.39 is 24.2 Å². The van der Waals surface area contributed by atoms with Gasteiger partial charge in [-0.3, -0.25) is 0 Å². The maximum Gasteiger partial charge on any atom is 0.343 e. The van der Waals surface area contributed by atoms with Crippen LogP contribution >= 0.6 is 0 Å². The molecule has 8 heteroatoms. The summed E-state index contributed by atoms with van der Waals surface area (Å²) in [4.78, 5) is 35.2. The maximum atomic E-state index is 12.4. The molecule has 2 atom stereocenters. The highest BCUT2D eigenvalue weighted by Crippen LogP contribution is 2.23. The summed E-state index contributed by atoms with van der Waals surface area (Å²) < 4.78 is 27.0. The fourth-order valence-electron chi connectivity index (χ4n) is 3.06. The molecule has 0 saturated carbocycles. The third kappa shape index (κ3) is 6.96. The van der Waals surface area contributed by atoms with E-state index in [4.69, 9.17) is 23.7 Å². The second-order valence-electron chi connectivity index (χ2n) is 7.51. The minimum absolute atomic E-state index is 0.203. The highest BCUT2D eigenvalue weighted by Gasteiger charge is 2.27. The van der Waals surface area contributed by atoms with Crippen LogP contribution in [0.2, 0.25) is 0 Å². The van der Waals surface area contributed by atoms with Crippen LogP contribution in [0.3, 0.4) is 0 Å². The van der Waals surface area contributed by atoms with Crippen molar-refractivity contribution < 1.29 is 38.1 Å². The fourth-order valence-corrected chi connectivity index (χ4v) is 3.06. The van der Waals surface area contributed by atoms with Gasteiger partial charge in [0.1, 0.15) is 30.0 Å². The average molecular weight is 466 g/mol. The molecule has 1 saturated heterocycles. The minimum Gasteiger partial charge on any atom is -0.490 e. The van der Waals surface area contributed by atoms with E-state index >= 15 is 0 Å². The van der Waals surface area contributed by atoms with E-state index in [2.05, 4.69) is 13.2 Å². The Morgan fingerprint density at radius 2 is 1.74 bits per heavy atom. The lowest BCUT2D eigenvalue weighted by atomic mass is 10.2. The Labute approximate surface area is 197 Å². The van der Waals surface area contributed by atoms with Crippen molar-refractivity contribution in [1.29, 1.82) is 0 Å². The SMILES string of the molecule is C=CC(=O)OC(CCC)Oc1ccc(OC(=O)c2ccc(OCC3CC(=C)C(=O)O3)cc2)cc1. The molecule has 3 rings (SSSR count). The number of cyclic esters (lactones) is 1. The van der Waals surface area contributed by atoms with Crippen molar-refractivity contribution in [2.75, 3.05) is 6.61 Å². The quantitative estimate of drug-likeness (QED) is 0.208. The highest BCUT2D eigenvalue weighted by molar-refractivity contribution is 5.91. The van der Waals surface area contributed by atoms with E-state index in [1.807, 2.05) is 6.92 Å². The van der Waals surface area contributed by atoms with Gasteiger partial charge in [-0.15, -0.1) is 0 Å². The molecule has 0 radical (unpaired) electrons. The fraction of sp³-hybridized carbons (Fsp3) is 0.269. The largest absolute Gasteiger partial charge is 0.490 e. The smallest absolute Gasteiger partial charge is 0.343 e. The number of carbonyl (C=O) groups excluding carboxylic acids is 3. The summed E-state index contributed by atoms with van der Waals surface area (Å²) in [6.45, 7) is 9.16. The van der Waals surface area contributed by atoms with Crippen molar-refractivity contribution in [2.45, 2.75) is 38.6 Å². The van der Waals surface area contributed by atoms with Gasteiger partial charge >= 0.3 is 17.9 Å². The lowest BCUT2D eigenvalue weighted by Crippen LogP contribution is -2.23. The van der Waals surface area contributed by atoms with Gasteiger partial charge in [0.25, 0.3) is 0 Å². The maximum absolute atomic E-state index is 12.4. The van der Waals surface area contributed by atoms with Gasteiger partial charge in [0, 0.05) is 24.5 Å². The highest BCUT2D eigenvalue weighted by atomic mass is 16.7. The Bertz CT molecular complexity index is 1020. The molecular formula is C26H26O8. The number of esters is 3. The topological polar surface area (TPSA) is 97.4 Å². The lowest BCUT2D eigenvalue weighted by Gasteiger charge is -2.18. The predicted molar refractivity (Wildman–Crippen MR) is 123 cm³/mol. The van der Waals surface area contributed by atoms with E-state index in [9.17, 15) is 14.4 Å². The zero-order valence-electron chi connectivity index (χ0n) is 18.9. The molecule has 0 bridgehead atoms. The van der Waals surface area contributed by atoms with Crippen LogP contribution < -0.4 is 14.2 Å². The standard InChI is InChI=1S/C26H26O8/c1-4-6-24(34-23(27)5-2)31-20-11-13-21(14-12-20)32-26(29)18-7-9-19(10-8-18)30-16-22-15-17(3)25(28)33-22/h5,7-14,22,24H,2-4,6,15-16H2,1H3. The molecule has 0 amide bonds. The summed E-state index contributed by atoms with van der Waals surface area (Å²) in [5, 5.41) is 0. The number of ether oxygens (including phenoxy) is 5. The number of hydrogen-bond acceptors (Lipinski definition) is 8. The summed E-state index contributed by atoms with van der Waals surface area (Å²) in [7, 11) is 0.